The van der Waals surface area contributed by atoms with Gasteiger partial charge in [-0.1, -0.05) is 11.7 Å². The summed E-state index contributed by atoms with van der Waals surface area (Å²) in [6.07, 6.45) is -5.15. The molecule has 2 unspecified atom stereocenters. The molecule has 3 amide bonds. The van der Waals surface area contributed by atoms with E-state index in [1.54, 1.807) is 5.32 Å². The fraction of sp³-hybridized carbons (Fsp3) is 0.333. The summed E-state index contributed by atoms with van der Waals surface area (Å²) in [4.78, 5) is 70.6. The normalized spacial score (nSPS) is 21.4. The van der Waals surface area contributed by atoms with Crippen LogP contribution in [0.4, 0.5) is 24.0 Å². The predicted octanol–water partition coefficient (Wildman–Crippen LogP) is 2.66. The standard InChI is InChI=1S/C24H21F3N6O8S3/c1-3-44-23(21(37)41-8-12-4-6-13(7-5-12)33(38)39)10-32-18(35)16(19(32)43-11-23)29-17(34)15(31-40-2)14-9-42-22(28-14)30-20(36)24(25,26)27/h3-7,9,16,19H,1,8,10-11H2,2H3,(H,29,34)(H,28,30,36)/t16?,19-,23?/m1/s1. The number of nitro benzene ring substituents is 1. The molecule has 0 saturated carbocycles. The minimum absolute atomic E-state index is 0.0565. The van der Waals surface area contributed by atoms with E-state index in [1.165, 1.54) is 51.7 Å². The van der Waals surface area contributed by atoms with E-state index < -0.39 is 61.8 Å². The number of amides is 3. The SMILES string of the molecule is C=CSC1(C(=O)OCc2ccc([N+](=O)[O-])cc2)CS[C@@H]2C(NC(=O)C(=NOC)c3csc(NC(=O)C(F)(F)F)n3)C(=O)N2C1. The van der Waals surface area contributed by atoms with Gasteiger partial charge in [0.15, 0.2) is 10.8 Å². The average Bonchev–Trinajstić information content (AvgIpc) is 3.45. The Balaban J connectivity index is 1.39. The number of carbonyl (C=O) groups excluding carboxylic acids is 4. The molecule has 3 heterocycles. The minimum Gasteiger partial charge on any atom is -0.460 e. The van der Waals surface area contributed by atoms with E-state index in [0.717, 1.165) is 18.9 Å². The molecule has 2 aliphatic rings. The lowest BCUT2D eigenvalue weighted by atomic mass is 10.0. The lowest BCUT2D eigenvalue weighted by Gasteiger charge is -2.53. The molecular formula is C24H21F3N6O8S3. The van der Waals surface area contributed by atoms with E-state index in [4.69, 9.17) is 4.74 Å². The van der Waals surface area contributed by atoms with E-state index in [1.807, 2.05) is 0 Å². The molecule has 0 bridgehead atoms. The Labute approximate surface area is 258 Å². The van der Waals surface area contributed by atoms with Gasteiger partial charge in [0.05, 0.1) is 4.92 Å². The van der Waals surface area contributed by atoms with Gasteiger partial charge in [-0.05, 0) is 23.1 Å². The van der Waals surface area contributed by atoms with Crippen molar-refractivity contribution in [2.75, 3.05) is 24.7 Å². The molecule has 234 valence electrons. The van der Waals surface area contributed by atoms with E-state index in [0.29, 0.717) is 16.9 Å². The monoisotopic (exact) mass is 674 g/mol. The summed E-state index contributed by atoms with van der Waals surface area (Å²) in [5, 5.41) is 20.1. The Morgan fingerprint density at radius 1 is 1.34 bits per heavy atom. The number of non-ortho nitro benzene ring substituents is 1. The number of fused-ring (bicyclic) bond motifs is 1. The predicted molar refractivity (Wildman–Crippen MR) is 154 cm³/mol. The zero-order valence-electron chi connectivity index (χ0n) is 22.4. The highest BCUT2D eigenvalue weighted by atomic mass is 32.2. The molecule has 2 aromatic rings. The van der Waals surface area contributed by atoms with Crippen LogP contribution in [0.25, 0.3) is 0 Å². The lowest BCUT2D eigenvalue weighted by molar-refractivity contribution is -0.384. The van der Waals surface area contributed by atoms with Gasteiger partial charge in [0.1, 0.15) is 35.6 Å². The van der Waals surface area contributed by atoms with Crippen LogP contribution in [-0.4, -0.2) is 86.0 Å². The Hall–Kier alpha value is -4.17. The number of β-lactam (4-membered cyclic amide) rings is 1. The van der Waals surface area contributed by atoms with Gasteiger partial charge >= 0.3 is 18.1 Å². The molecule has 2 fully saturated rings. The second-order valence-corrected chi connectivity index (χ2v) is 12.3. The maximum absolute atomic E-state index is 13.2. The summed E-state index contributed by atoms with van der Waals surface area (Å²) >= 11 is 2.90. The topological polar surface area (TPSA) is 182 Å². The first-order valence-corrected chi connectivity index (χ1v) is 15.0. The molecule has 2 aliphatic heterocycles. The first-order chi connectivity index (χ1) is 20.8. The zero-order chi connectivity index (χ0) is 32.2. The van der Waals surface area contributed by atoms with Crippen LogP contribution in [0.1, 0.15) is 11.3 Å². The van der Waals surface area contributed by atoms with Crippen LogP contribution in [0.15, 0.2) is 46.8 Å². The molecule has 1 aromatic carbocycles. The number of nitrogens with one attached hydrogen (secondary N) is 2. The number of thioether (sulfide) groups is 2. The fourth-order valence-electron chi connectivity index (χ4n) is 4.06. The molecule has 14 nitrogen and oxygen atoms in total. The number of halogens is 3. The number of nitro groups is 1. The van der Waals surface area contributed by atoms with Gasteiger partial charge in [-0.3, -0.25) is 34.6 Å². The van der Waals surface area contributed by atoms with E-state index in [9.17, 15) is 42.5 Å². The Bertz CT molecular complexity index is 1520. The highest BCUT2D eigenvalue weighted by molar-refractivity contribution is 8.06. The Morgan fingerprint density at radius 3 is 2.66 bits per heavy atom. The summed E-state index contributed by atoms with van der Waals surface area (Å²) in [6, 6.07) is 4.47. The number of carbonyl (C=O) groups is 4. The van der Waals surface area contributed by atoms with Gasteiger partial charge < -0.3 is 19.8 Å². The van der Waals surface area contributed by atoms with E-state index in [2.05, 4.69) is 26.9 Å². The number of hydrogen-bond donors (Lipinski definition) is 2. The quantitative estimate of drug-likeness (QED) is 0.118. The fourth-order valence-corrected chi connectivity index (χ4v) is 7.30. The number of esters is 1. The molecule has 2 N–H and O–H groups in total. The van der Waals surface area contributed by atoms with Crippen molar-refractivity contribution in [1.29, 1.82) is 0 Å². The summed E-state index contributed by atoms with van der Waals surface area (Å²) < 4.78 is 41.9. The van der Waals surface area contributed by atoms with Crippen LogP contribution >= 0.6 is 34.9 Å². The smallest absolute Gasteiger partial charge is 0.460 e. The number of benzene rings is 1. The van der Waals surface area contributed by atoms with Crippen LogP contribution < -0.4 is 10.6 Å². The van der Waals surface area contributed by atoms with Crippen molar-refractivity contribution < 1.29 is 46.8 Å². The summed E-state index contributed by atoms with van der Waals surface area (Å²) in [5.74, 6) is -4.12. The molecule has 3 atom stereocenters. The van der Waals surface area contributed by atoms with Gasteiger partial charge in [-0.15, -0.1) is 34.9 Å². The molecule has 20 heteroatoms. The van der Waals surface area contributed by atoms with Crippen molar-refractivity contribution in [2.45, 2.75) is 28.9 Å². The first-order valence-electron chi connectivity index (χ1n) is 12.2. The average molecular weight is 675 g/mol. The van der Waals surface area contributed by atoms with Crippen LogP contribution in [0.2, 0.25) is 0 Å². The number of aromatic nitrogens is 1. The number of rotatable bonds is 11. The van der Waals surface area contributed by atoms with Gasteiger partial charge in [0.2, 0.25) is 5.91 Å². The number of hydrogen-bond acceptors (Lipinski definition) is 13. The number of oxime groups is 1. The number of alkyl halides is 3. The van der Waals surface area contributed by atoms with Crippen molar-refractivity contribution in [3.05, 3.63) is 63.0 Å². The van der Waals surface area contributed by atoms with Crippen LogP contribution in [0.3, 0.4) is 0 Å². The summed E-state index contributed by atoms with van der Waals surface area (Å²) in [7, 11) is 1.12. The number of thiazole rings is 1. The molecule has 0 radical (unpaired) electrons. The molecule has 1 aromatic heterocycles. The maximum Gasteiger partial charge on any atom is 0.471 e. The first kappa shape index (κ1) is 32.7. The third-order valence-electron chi connectivity index (χ3n) is 6.16. The number of anilines is 1. The third-order valence-corrected chi connectivity index (χ3v) is 9.69. The van der Waals surface area contributed by atoms with Crippen molar-refractivity contribution in [3.8, 4) is 0 Å². The molecule has 0 spiro atoms. The maximum atomic E-state index is 13.2. The second kappa shape index (κ2) is 13.2. The number of nitrogens with zero attached hydrogens (tertiary/aromatic N) is 4. The lowest BCUT2D eigenvalue weighted by Crippen LogP contribution is -2.74. The molecule has 44 heavy (non-hydrogen) atoms. The molecular weight excluding hydrogens is 653 g/mol. The van der Waals surface area contributed by atoms with Crippen LogP contribution in [-0.2, 0) is 35.4 Å². The third kappa shape index (κ3) is 6.97. The van der Waals surface area contributed by atoms with Crippen LogP contribution in [0.5, 0.6) is 0 Å². The highest BCUT2D eigenvalue weighted by Crippen LogP contribution is 2.45. The van der Waals surface area contributed by atoms with Gasteiger partial charge in [-0.25, -0.2) is 4.98 Å². The summed E-state index contributed by atoms with van der Waals surface area (Å²) in [6.45, 7) is 3.46. The van der Waals surface area contributed by atoms with Gasteiger partial charge in [-0.2, -0.15) is 13.2 Å². The van der Waals surface area contributed by atoms with Crippen molar-refractivity contribution in [3.63, 3.8) is 0 Å². The number of ether oxygens (including phenoxy) is 1. The Morgan fingerprint density at radius 2 is 2.05 bits per heavy atom. The van der Waals surface area contributed by atoms with Gasteiger partial charge in [0, 0.05) is 29.8 Å². The van der Waals surface area contributed by atoms with Gasteiger partial charge in [0.25, 0.3) is 11.6 Å². The minimum atomic E-state index is -5.15. The second-order valence-electron chi connectivity index (χ2n) is 9.01. The molecule has 4 rings (SSSR count). The van der Waals surface area contributed by atoms with E-state index in [-0.39, 0.29) is 30.3 Å². The van der Waals surface area contributed by atoms with Crippen molar-refractivity contribution >= 4 is 75.1 Å². The van der Waals surface area contributed by atoms with Crippen molar-refractivity contribution in [2.24, 2.45) is 5.16 Å². The largest absolute Gasteiger partial charge is 0.471 e. The van der Waals surface area contributed by atoms with Crippen molar-refractivity contribution in [1.82, 2.24) is 15.2 Å². The molecule has 2 saturated heterocycles. The Kier molecular flexibility index (Phi) is 9.84. The van der Waals surface area contributed by atoms with E-state index >= 15 is 0 Å². The van der Waals surface area contributed by atoms with Crippen LogP contribution in [0, 0.1) is 10.1 Å². The zero-order valence-corrected chi connectivity index (χ0v) is 24.8. The molecule has 0 aliphatic carbocycles. The highest BCUT2D eigenvalue weighted by Gasteiger charge is 2.58. The summed E-state index contributed by atoms with van der Waals surface area (Å²) in [5.41, 5.74) is -0.244.